The number of anilines is 2. The van der Waals surface area contributed by atoms with Gasteiger partial charge in [-0.3, -0.25) is 9.59 Å². The van der Waals surface area contributed by atoms with Gasteiger partial charge < -0.3 is 15.0 Å². The zero-order valence-electron chi connectivity index (χ0n) is 16.2. The third-order valence-corrected chi connectivity index (χ3v) is 5.88. The van der Waals surface area contributed by atoms with Crippen LogP contribution >= 0.6 is 0 Å². The number of fused-ring (bicyclic) bond motifs is 1. The molecular formula is C20H23N3O5S. The van der Waals surface area contributed by atoms with Crippen LogP contribution in [-0.2, 0) is 19.6 Å². The lowest BCUT2D eigenvalue weighted by atomic mass is 10.2. The van der Waals surface area contributed by atoms with Gasteiger partial charge in [-0.1, -0.05) is 12.1 Å². The van der Waals surface area contributed by atoms with Gasteiger partial charge in [-0.15, -0.1) is 0 Å². The molecule has 0 radical (unpaired) electrons. The Morgan fingerprint density at radius 2 is 1.83 bits per heavy atom. The number of nitrogens with one attached hydrogen (secondary N) is 2. The van der Waals surface area contributed by atoms with Gasteiger partial charge in [0.05, 0.1) is 10.6 Å². The number of nitrogens with zero attached hydrogens (tertiary/aromatic N) is 1. The van der Waals surface area contributed by atoms with E-state index in [9.17, 15) is 18.0 Å². The summed E-state index contributed by atoms with van der Waals surface area (Å²) in [6, 6.07) is 12.9. The molecule has 29 heavy (non-hydrogen) atoms. The number of rotatable bonds is 7. The highest BCUT2D eigenvalue weighted by Crippen LogP contribution is 2.31. The maximum Gasteiger partial charge on any atom is 0.265 e. The van der Waals surface area contributed by atoms with Crippen molar-refractivity contribution < 1.29 is 22.7 Å². The summed E-state index contributed by atoms with van der Waals surface area (Å²) in [7, 11) is -3.58. The van der Waals surface area contributed by atoms with E-state index in [-0.39, 0.29) is 42.3 Å². The van der Waals surface area contributed by atoms with Crippen molar-refractivity contribution in [1.82, 2.24) is 4.72 Å². The Hall–Kier alpha value is -2.91. The van der Waals surface area contributed by atoms with Crippen LogP contribution in [0.3, 0.4) is 0 Å². The van der Waals surface area contributed by atoms with Gasteiger partial charge in [0.25, 0.3) is 5.91 Å². The van der Waals surface area contributed by atoms with Gasteiger partial charge in [-0.25, -0.2) is 13.1 Å². The van der Waals surface area contributed by atoms with Crippen LogP contribution in [0.25, 0.3) is 0 Å². The van der Waals surface area contributed by atoms with Crippen LogP contribution in [0.1, 0.15) is 20.3 Å². The maximum atomic E-state index is 12.3. The van der Waals surface area contributed by atoms with E-state index in [4.69, 9.17) is 4.74 Å². The first-order chi connectivity index (χ1) is 13.8. The van der Waals surface area contributed by atoms with E-state index in [0.29, 0.717) is 17.1 Å². The van der Waals surface area contributed by atoms with Crippen molar-refractivity contribution in [3.05, 3.63) is 48.5 Å². The second kappa shape index (κ2) is 8.62. The van der Waals surface area contributed by atoms with Crippen molar-refractivity contribution in [2.75, 3.05) is 23.4 Å². The number of para-hydroxylation sites is 2. The Morgan fingerprint density at radius 1 is 1.14 bits per heavy atom. The molecule has 0 fully saturated rings. The Balaban J connectivity index is 1.60. The molecule has 8 nitrogen and oxygen atoms in total. The lowest BCUT2D eigenvalue weighted by Crippen LogP contribution is -2.40. The molecule has 2 N–H and O–H groups in total. The van der Waals surface area contributed by atoms with E-state index in [1.807, 2.05) is 6.07 Å². The monoisotopic (exact) mass is 417 g/mol. The second-order valence-electron chi connectivity index (χ2n) is 6.90. The van der Waals surface area contributed by atoms with Gasteiger partial charge in [0.1, 0.15) is 5.75 Å². The fourth-order valence-corrected chi connectivity index (χ4v) is 4.18. The Labute approximate surface area is 169 Å². The van der Waals surface area contributed by atoms with E-state index in [1.165, 1.54) is 29.2 Å². The molecule has 3 rings (SSSR count). The highest BCUT2D eigenvalue weighted by molar-refractivity contribution is 7.89. The number of amides is 2. The number of carbonyl (C=O) groups excluding carboxylic acids is 2. The minimum atomic E-state index is -3.58. The van der Waals surface area contributed by atoms with E-state index in [2.05, 4.69) is 10.0 Å². The molecule has 154 valence electrons. The van der Waals surface area contributed by atoms with Crippen LogP contribution in [0.5, 0.6) is 5.75 Å². The summed E-state index contributed by atoms with van der Waals surface area (Å²) in [6.45, 7) is 3.64. The average Bonchev–Trinajstić information content (AvgIpc) is 2.66. The highest BCUT2D eigenvalue weighted by Gasteiger charge is 2.25. The number of hydrogen-bond donors (Lipinski definition) is 2. The topological polar surface area (TPSA) is 105 Å². The van der Waals surface area contributed by atoms with Crippen LogP contribution in [0.15, 0.2) is 53.4 Å². The molecule has 0 atom stereocenters. The van der Waals surface area contributed by atoms with Crippen molar-refractivity contribution in [2.24, 2.45) is 0 Å². The predicted octanol–water partition coefficient (Wildman–Crippen LogP) is 2.13. The Bertz CT molecular complexity index is 1000. The second-order valence-corrected chi connectivity index (χ2v) is 8.61. The standard InChI is InChI=1S/C20H23N3O5S/c1-14(2)22-29(26,27)16-9-7-15(8-10-16)21-19(24)11-12-23-17-5-3-4-6-18(17)28-13-20(23)25/h3-10,14,22H,11-13H2,1-2H3,(H,21,24). The predicted molar refractivity (Wildman–Crippen MR) is 109 cm³/mol. The van der Waals surface area contributed by atoms with Gasteiger partial charge >= 0.3 is 0 Å². The smallest absolute Gasteiger partial charge is 0.265 e. The van der Waals surface area contributed by atoms with Gasteiger partial charge in [0.2, 0.25) is 15.9 Å². The van der Waals surface area contributed by atoms with Gasteiger partial charge in [-0.2, -0.15) is 0 Å². The number of sulfonamides is 1. The fourth-order valence-electron chi connectivity index (χ4n) is 2.93. The molecular weight excluding hydrogens is 394 g/mol. The molecule has 1 heterocycles. The zero-order valence-corrected chi connectivity index (χ0v) is 17.0. The third-order valence-electron chi connectivity index (χ3n) is 4.21. The van der Waals surface area contributed by atoms with E-state index >= 15 is 0 Å². The Kier molecular flexibility index (Phi) is 6.19. The SMILES string of the molecule is CC(C)NS(=O)(=O)c1ccc(NC(=O)CCN2C(=O)COc3ccccc32)cc1. The van der Waals surface area contributed by atoms with E-state index < -0.39 is 10.0 Å². The number of hydrogen-bond acceptors (Lipinski definition) is 5. The summed E-state index contributed by atoms with van der Waals surface area (Å²) < 4.78 is 32.2. The Morgan fingerprint density at radius 3 is 2.52 bits per heavy atom. The van der Waals surface area contributed by atoms with Crippen molar-refractivity contribution in [3.63, 3.8) is 0 Å². The van der Waals surface area contributed by atoms with Gasteiger partial charge in [0.15, 0.2) is 6.61 Å². The molecule has 0 saturated heterocycles. The summed E-state index contributed by atoms with van der Waals surface area (Å²) in [5, 5.41) is 2.72. The first kappa shape index (κ1) is 20.8. The van der Waals surface area contributed by atoms with E-state index in [1.54, 1.807) is 32.0 Å². The molecule has 1 aliphatic heterocycles. The quantitative estimate of drug-likeness (QED) is 0.718. The largest absolute Gasteiger partial charge is 0.482 e. The fraction of sp³-hybridized carbons (Fsp3) is 0.300. The minimum Gasteiger partial charge on any atom is -0.482 e. The third kappa shape index (κ3) is 5.12. The van der Waals surface area contributed by atoms with Crippen LogP contribution in [0.2, 0.25) is 0 Å². The minimum absolute atomic E-state index is 0.0566. The molecule has 0 saturated carbocycles. The summed E-state index contributed by atoms with van der Waals surface area (Å²) in [5.41, 5.74) is 1.12. The molecule has 0 bridgehead atoms. The van der Waals surface area contributed by atoms with Crippen molar-refractivity contribution in [3.8, 4) is 5.75 Å². The molecule has 0 spiro atoms. The van der Waals surface area contributed by atoms with Gasteiger partial charge in [0, 0.05) is 24.7 Å². The molecule has 2 aromatic rings. The molecule has 2 amide bonds. The molecule has 2 aromatic carbocycles. The first-order valence-electron chi connectivity index (χ1n) is 9.21. The molecule has 1 aliphatic rings. The van der Waals surface area contributed by atoms with Crippen LogP contribution in [-0.4, -0.2) is 39.4 Å². The van der Waals surface area contributed by atoms with Crippen LogP contribution in [0, 0.1) is 0 Å². The van der Waals surface area contributed by atoms with Crippen LogP contribution in [0.4, 0.5) is 11.4 Å². The maximum absolute atomic E-state index is 12.3. The van der Waals surface area contributed by atoms with Crippen molar-refractivity contribution in [2.45, 2.75) is 31.2 Å². The van der Waals surface area contributed by atoms with E-state index in [0.717, 1.165) is 0 Å². The van der Waals surface area contributed by atoms with Crippen LogP contribution < -0.4 is 19.7 Å². The molecule has 0 aromatic heterocycles. The normalized spacial score (nSPS) is 13.8. The van der Waals surface area contributed by atoms with Crippen molar-refractivity contribution in [1.29, 1.82) is 0 Å². The average molecular weight is 417 g/mol. The lowest BCUT2D eigenvalue weighted by molar-refractivity contribution is -0.121. The zero-order chi connectivity index (χ0) is 21.0. The summed E-state index contributed by atoms with van der Waals surface area (Å²) in [6.07, 6.45) is 0.0923. The number of carbonyl (C=O) groups is 2. The summed E-state index contributed by atoms with van der Waals surface area (Å²) in [5.74, 6) is 0.126. The number of ether oxygens (including phenoxy) is 1. The molecule has 0 unspecified atom stereocenters. The summed E-state index contributed by atoms with van der Waals surface area (Å²) in [4.78, 5) is 26.1. The lowest BCUT2D eigenvalue weighted by Gasteiger charge is -2.29. The molecule has 0 aliphatic carbocycles. The molecule has 9 heteroatoms. The highest BCUT2D eigenvalue weighted by atomic mass is 32.2. The van der Waals surface area contributed by atoms with Crippen molar-refractivity contribution >= 4 is 33.2 Å². The first-order valence-corrected chi connectivity index (χ1v) is 10.7. The van der Waals surface area contributed by atoms with Gasteiger partial charge in [-0.05, 0) is 50.2 Å². The number of benzene rings is 2. The summed E-state index contributed by atoms with van der Waals surface area (Å²) >= 11 is 0.